The molecule has 3 nitrogen and oxygen atoms in total. The first-order chi connectivity index (χ1) is 12.0. The highest BCUT2D eigenvalue weighted by Gasteiger charge is 2.42. The molecule has 2 rings (SSSR count). The fraction of sp³-hybridized carbons (Fsp3) is 0.909. The van der Waals surface area contributed by atoms with Crippen molar-refractivity contribution < 1.29 is 9.90 Å². The van der Waals surface area contributed by atoms with Crippen LogP contribution >= 0.6 is 0 Å². The van der Waals surface area contributed by atoms with Crippen molar-refractivity contribution in [1.82, 2.24) is 0 Å². The number of rotatable bonds is 8. The molecular formula is C22H37NO2. The van der Waals surface area contributed by atoms with Crippen LogP contribution in [-0.4, -0.2) is 11.1 Å². The molecule has 0 aromatic heterocycles. The lowest BCUT2D eigenvalue weighted by atomic mass is 9.60. The van der Waals surface area contributed by atoms with E-state index in [0.717, 1.165) is 30.6 Å². The lowest BCUT2D eigenvalue weighted by Crippen LogP contribution is -2.35. The average Bonchev–Trinajstić information content (AvgIpc) is 2.65. The van der Waals surface area contributed by atoms with Gasteiger partial charge in [-0.2, -0.15) is 5.26 Å². The van der Waals surface area contributed by atoms with Crippen LogP contribution < -0.4 is 0 Å². The van der Waals surface area contributed by atoms with Crippen molar-refractivity contribution in [1.29, 1.82) is 5.26 Å². The first-order valence-corrected chi connectivity index (χ1v) is 10.6. The summed E-state index contributed by atoms with van der Waals surface area (Å²) in [5.74, 6) is 2.10. The van der Waals surface area contributed by atoms with Gasteiger partial charge in [0.25, 0.3) is 0 Å². The maximum absolute atomic E-state index is 10.8. The van der Waals surface area contributed by atoms with Crippen LogP contribution in [0.2, 0.25) is 0 Å². The van der Waals surface area contributed by atoms with Gasteiger partial charge in [0.2, 0.25) is 0 Å². The van der Waals surface area contributed by atoms with Crippen LogP contribution in [0, 0.1) is 40.4 Å². The van der Waals surface area contributed by atoms with Crippen molar-refractivity contribution >= 4 is 5.97 Å². The lowest BCUT2D eigenvalue weighted by Gasteiger charge is -2.43. The molecule has 3 heteroatoms. The zero-order valence-corrected chi connectivity index (χ0v) is 16.3. The number of carbonyl (C=O) groups is 1. The van der Waals surface area contributed by atoms with Crippen LogP contribution in [0.3, 0.4) is 0 Å². The maximum atomic E-state index is 10.8. The van der Waals surface area contributed by atoms with Gasteiger partial charge in [-0.25, -0.2) is 0 Å². The van der Waals surface area contributed by atoms with Crippen LogP contribution in [0.5, 0.6) is 0 Å². The molecule has 25 heavy (non-hydrogen) atoms. The van der Waals surface area contributed by atoms with Crippen LogP contribution in [-0.2, 0) is 4.79 Å². The molecule has 0 radical (unpaired) electrons. The van der Waals surface area contributed by atoms with Gasteiger partial charge in [-0.1, -0.05) is 46.0 Å². The smallest absolute Gasteiger partial charge is 0.303 e. The molecular weight excluding hydrogens is 310 g/mol. The molecule has 0 bridgehead atoms. The Kier molecular flexibility index (Phi) is 7.79. The van der Waals surface area contributed by atoms with Gasteiger partial charge >= 0.3 is 5.97 Å². The number of carboxylic acids is 1. The number of nitriles is 1. The van der Waals surface area contributed by atoms with E-state index in [9.17, 15) is 10.1 Å². The SMILES string of the molecule is CCCCC1CCC([C@H]2CC[C@](C#N)([C@@H](C)CCC(=O)O)CC2)CC1. The van der Waals surface area contributed by atoms with Crippen molar-refractivity contribution in [2.45, 2.75) is 97.3 Å². The van der Waals surface area contributed by atoms with E-state index in [4.69, 9.17) is 5.11 Å². The van der Waals surface area contributed by atoms with E-state index >= 15 is 0 Å². The van der Waals surface area contributed by atoms with E-state index < -0.39 is 5.97 Å². The Bertz CT molecular complexity index is 451. The second-order valence-electron chi connectivity index (χ2n) is 8.86. The van der Waals surface area contributed by atoms with Crippen molar-refractivity contribution in [2.24, 2.45) is 29.1 Å². The summed E-state index contributed by atoms with van der Waals surface area (Å²) in [7, 11) is 0. The molecule has 1 N–H and O–H groups in total. The van der Waals surface area contributed by atoms with E-state index in [1.54, 1.807) is 0 Å². The molecule has 2 aliphatic carbocycles. The number of aliphatic carboxylic acids is 1. The predicted molar refractivity (Wildman–Crippen MR) is 101 cm³/mol. The Labute approximate surface area is 154 Å². The van der Waals surface area contributed by atoms with Crippen LogP contribution in [0.15, 0.2) is 0 Å². The molecule has 0 aromatic rings. The van der Waals surface area contributed by atoms with Crippen LogP contribution in [0.4, 0.5) is 0 Å². The molecule has 0 aliphatic heterocycles. The van der Waals surface area contributed by atoms with Gasteiger partial charge < -0.3 is 5.11 Å². The average molecular weight is 348 g/mol. The van der Waals surface area contributed by atoms with Crippen molar-refractivity contribution in [2.75, 3.05) is 0 Å². The molecule has 0 unspecified atom stereocenters. The second-order valence-corrected chi connectivity index (χ2v) is 8.86. The second kappa shape index (κ2) is 9.60. The number of unbranched alkanes of at least 4 members (excludes halogenated alkanes) is 1. The minimum absolute atomic E-state index is 0.190. The van der Waals surface area contributed by atoms with Crippen molar-refractivity contribution in [3.05, 3.63) is 0 Å². The molecule has 0 spiro atoms. The molecule has 2 fully saturated rings. The number of hydrogen-bond donors (Lipinski definition) is 1. The summed E-state index contributed by atoms with van der Waals surface area (Å²) >= 11 is 0. The molecule has 0 aromatic carbocycles. The first-order valence-electron chi connectivity index (χ1n) is 10.6. The highest BCUT2D eigenvalue weighted by atomic mass is 16.4. The van der Waals surface area contributed by atoms with Gasteiger partial charge in [-0.05, 0) is 68.6 Å². The van der Waals surface area contributed by atoms with Gasteiger partial charge in [0.05, 0.1) is 11.5 Å². The summed E-state index contributed by atoms with van der Waals surface area (Å²) in [5.41, 5.74) is -0.274. The number of hydrogen-bond acceptors (Lipinski definition) is 2. The van der Waals surface area contributed by atoms with Crippen LogP contribution in [0.25, 0.3) is 0 Å². The highest BCUT2D eigenvalue weighted by Crippen LogP contribution is 2.49. The van der Waals surface area contributed by atoms with Gasteiger partial charge in [0.1, 0.15) is 0 Å². The Hall–Kier alpha value is -1.04. The first kappa shape index (κ1) is 20.3. The van der Waals surface area contributed by atoms with Crippen LogP contribution in [0.1, 0.15) is 97.3 Å². The molecule has 0 saturated heterocycles. The minimum atomic E-state index is -0.742. The molecule has 2 aliphatic rings. The van der Waals surface area contributed by atoms with E-state index in [0.29, 0.717) is 6.42 Å². The zero-order valence-electron chi connectivity index (χ0n) is 16.3. The lowest BCUT2D eigenvalue weighted by molar-refractivity contribution is -0.137. The number of carboxylic acid groups (broad SMARTS) is 1. The van der Waals surface area contributed by atoms with E-state index in [-0.39, 0.29) is 17.8 Å². The normalized spacial score (nSPS) is 34.2. The summed E-state index contributed by atoms with van der Waals surface area (Å²) in [6.07, 6.45) is 14.9. The standard InChI is InChI=1S/C22H37NO2/c1-3-4-5-18-7-9-19(10-8-18)20-12-14-22(16-23,15-13-20)17(2)6-11-21(24)25/h17-20H,3-15H2,1-2H3,(H,24,25)/t17-,18?,19?,20-,22-/m0/s1. The zero-order chi connectivity index (χ0) is 18.3. The number of nitrogens with zero attached hydrogens (tertiary/aromatic N) is 1. The van der Waals surface area contributed by atoms with Crippen molar-refractivity contribution in [3.63, 3.8) is 0 Å². The van der Waals surface area contributed by atoms with E-state index in [1.807, 2.05) is 0 Å². The fourth-order valence-corrected chi connectivity index (χ4v) is 5.40. The topological polar surface area (TPSA) is 61.1 Å². The Morgan fingerprint density at radius 2 is 1.76 bits per heavy atom. The molecule has 142 valence electrons. The third-order valence-corrected chi connectivity index (χ3v) is 7.40. The highest BCUT2D eigenvalue weighted by molar-refractivity contribution is 5.66. The molecule has 0 amide bonds. The monoisotopic (exact) mass is 347 g/mol. The summed E-state index contributed by atoms with van der Waals surface area (Å²) in [5, 5.41) is 18.7. The van der Waals surface area contributed by atoms with E-state index in [1.165, 1.54) is 57.8 Å². The maximum Gasteiger partial charge on any atom is 0.303 e. The summed E-state index contributed by atoms with van der Waals surface area (Å²) < 4.78 is 0. The van der Waals surface area contributed by atoms with E-state index in [2.05, 4.69) is 19.9 Å². The van der Waals surface area contributed by atoms with Gasteiger partial charge in [0.15, 0.2) is 0 Å². The third-order valence-electron chi connectivity index (χ3n) is 7.40. The quantitative estimate of drug-likeness (QED) is 0.570. The summed E-state index contributed by atoms with van der Waals surface area (Å²) in [4.78, 5) is 10.8. The van der Waals surface area contributed by atoms with Gasteiger partial charge in [-0.3, -0.25) is 4.79 Å². The third kappa shape index (κ3) is 5.47. The minimum Gasteiger partial charge on any atom is -0.481 e. The fourth-order valence-electron chi connectivity index (χ4n) is 5.40. The molecule has 1 atom stereocenters. The molecule has 2 saturated carbocycles. The summed E-state index contributed by atoms with van der Waals surface area (Å²) in [6, 6.07) is 2.60. The Morgan fingerprint density at radius 1 is 1.16 bits per heavy atom. The molecule has 0 heterocycles. The summed E-state index contributed by atoms with van der Waals surface area (Å²) in [6.45, 7) is 4.37. The predicted octanol–water partition coefficient (Wildman–Crippen LogP) is 6.18. The van der Waals surface area contributed by atoms with Gasteiger partial charge in [0, 0.05) is 6.42 Å². The Morgan fingerprint density at radius 3 is 2.28 bits per heavy atom. The Balaban J connectivity index is 1.80. The largest absolute Gasteiger partial charge is 0.481 e. The van der Waals surface area contributed by atoms with Crippen molar-refractivity contribution in [3.8, 4) is 6.07 Å². The van der Waals surface area contributed by atoms with Gasteiger partial charge in [-0.15, -0.1) is 0 Å².